The number of hydrogen-bond donors (Lipinski definition) is 2. The number of anilines is 4. The van der Waals surface area contributed by atoms with Crippen LogP contribution in [0.3, 0.4) is 0 Å². The van der Waals surface area contributed by atoms with Gasteiger partial charge in [0.15, 0.2) is 0 Å². The van der Waals surface area contributed by atoms with Gasteiger partial charge in [-0.2, -0.15) is 0 Å². The minimum atomic E-state index is -0.489. The van der Waals surface area contributed by atoms with E-state index in [0.29, 0.717) is 23.0 Å². The van der Waals surface area contributed by atoms with Gasteiger partial charge in [-0.15, -0.1) is 0 Å². The van der Waals surface area contributed by atoms with Gasteiger partial charge in [0, 0.05) is 48.5 Å². The van der Waals surface area contributed by atoms with E-state index >= 15 is 0 Å². The Bertz CT molecular complexity index is 1370. The highest BCUT2D eigenvalue weighted by Gasteiger charge is 2.35. The third kappa shape index (κ3) is 4.86. The Morgan fingerprint density at radius 3 is 2.49 bits per heavy atom. The van der Waals surface area contributed by atoms with Crippen LogP contribution in [0.1, 0.15) is 12.2 Å². The lowest BCUT2D eigenvalue weighted by Crippen LogP contribution is -2.28. The zero-order valence-electron chi connectivity index (χ0n) is 18.9. The smallest absolute Gasteiger partial charge is 0.229 e. The molecule has 0 spiro atoms. The molecule has 1 saturated heterocycles. The number of aryl methyl sites for hydroxylation is 1. The van der Waals surface area contributed by atoms with Crippen LogP contribution in [0.2, 0.25) is 0 Å². The number of imidazole rings is 1. The van der Waals surface area contributed by atoms with Crippen LogP contribution in [0.25, 0.3) is 5.82 Å². The van der Waals surface area contributed by atoms with Crippen molar-refractivity contribution in [2.45, 2.75) is 13.3 Å². The first kappa shape index (κ1) is 22.2. The zero-order chi connectivity index (χ0) is 24.4. The summed E-state index contributed by atoms with van der Waals surface area (Å²) in [6.45, 7) is 2.15. The van der Waals surface area contributed by atoms with E-state index in [1.165, 1.54) is 35.5 Å². The van der Waals surface area contributed by atoms with Crippen LogP contribution in [-0.4, -0.2) is 37.9 Å². The first-order chi connectivity index (χ1) is 17.0. The maximum absolute atomic E-state index is 13.2. The third-order valence-corrected chi connectivity index (χ3v) is 5.78. The van der Waals surface area contributed by atoms with Crippen molar-refractivity contribution in [1.82, 2.24) is 19.5 Å². The molecule has 2 amide bonds. The monoisotopic (exact) mass is 471 g/mol. The van der Waals surface area contributed by atoms with Crippen LogP contribution in [0.5, 0.6) is 0 Å². The van der Waals surface area contributed by atoms with Crippen molar-refractivity contribution in [1.29, 1.82) is 0 Å². The molecule has 2 N–H and O–H groups in total. The lowest BCUT2D eigenvalue weighted by atomic mass is 10.1. The number of rotatable bonds is 6. The minimum absolute atomic E-state index is 0.106. The van der Waals surface area contributed by atoms with Gasteiger partial charge in [0.25, 0.3) is 0 Å². The molecule has 1 fully saturated rings. The largest absolute Gasteiger partial charge is 0.340 e. The Kier molecular flexibility index (Phi) is 5.92. The molecular formula is C25H22FN7O2. The molecule has 2 aromatic carbocycles. The molecule has 10 heteroatoms. The summed E-state index contributed by atoms with van der Waals surface area (Å²) in [5, 5.41) is 6.09. The Labute approximate surface area is 200 Å². The molecule has 9 nitrogen and oxygen atoms in total. The molecule has 0 unspecified atom stereocenters. The average Bonchev–Trinajstić information content (AvgIpc) is 3.46. The summed E-state index contributed by atoms with van der Waals surface area (Å²) in [5.74, 6) is 0.871. The number of amides is 2. The highest BCUT2D eigenvalue weighted by atomic mass is 19.1. The van der Waals surface area contributed by atoms with Crippen LogP contribution in [0, 0.1) is 18.7 Å². The quantitative estimate of drug-likeness (QED) is 0.443. The number of nitrogens with one attached hydrogen (secondary N) is 2. The second-order valence-corrected chi connectivity index (χ2v) is 8.18. The topological polar surface area (TPSA) is 105 Å². The first-order valence-corrected chi connectivity index (χ1v) is 11.0. The number of aromatic nitrogens is 4. The number of carbonyl (C=O) groups excluding carboxylic acids is 2. The zero-order valence-corrected chi connectivity index (χ0v) is 18.9. The van der Waals surface area contributed by atoms with Gasteiger partial charge in [-0.3, -0.25) is 14.2 Å². The Morgan fingerprint density at radius 1 is 1.03 bits per heavy atom. The van der Waals surface area contributed by atoms with Crippen LogP contribution >= 0.6 is 0 Å². The second kappa shape index (κ2) is 9.34. The van der Waals surface area contributed by atoms with Crippen LogP contribution in [0.4, 0.5) is 27.3 Å². The summed E-state index contributed by atoms with van der Waals surface area (Å²) < 4.78 is 15.0. The van der Waals surface area contributed by atoms with Crippen molar-refractivity contribution in [3.05, 3.63) is 85.0 Å². The van der Waals surface area contributed by atoms with Crippen molar-refractivity contribution in [2.24, 2.45) is 5.92 Å². The highest BCUT2D eigenvalue weighted by molar-refractivity contribution is 6.03. The van der Waals surface area contributed by atoms with Crippen LogP contribution < -0.4 is 15.5 Å². The lowest BCUT2D eigenvalue weighted by molar-refractivity contribution is -0.122. The van der Waals surface area contributed by atoms with Crippen LogP contribution in [-0.2, 0) is 9.59 Å². The second-order valence-electron chi connectivity index (χ2n) is 8.18. The SMILES string of the molecule is Cc1nccn1-c1cc(Nc2ccc(NC(=O)[C@H]3CC(=O)N(c4ccc(F)cc4)C3)cc2)ncn1. The summed E-state index contributed by atoms with van der Waals surface area (Å²) in [5.41, 5.74) is 1.98. The van der Waals surface area contributed by atoms with Gasteiger partial charge in [0.2, 0.25) is 11.8 Å². The van der Waals surface area contributed by atoms with Crippen molar-refractivity contribution in [3.63, 3.8) is 0 Å². The fraction of sp³-hybridized carbons (Fsp3) is 0.160. The molecule has 1 aliphatic heterocycles. The highest BCUT2D eigenvalue weighted by Crippen LogP contribution is 2.27. The van der Waals surface area contributed by atoms with Gasteiger partial charge in [0.05, 0.1) is 5.92 Å². The van der Waals surface area contributed by atoms with E-state index in [9.17, 15) is 14.0 Å². The normalized spacial score (nSPS) is 15.3. The minimum Gasteiger partial charge on any atom is -0.340 e. The molecule has 2 aromatic heterocycles. The molecule has 0 bridgehead atoms. The van der Waals surface area contributed by atoms with E-state index < -0.39 is 5.92 Å². The Hall–Kier alpha value is -4.60. The lowest BCUT2D eigenvalue weighted by Gasteiger charge is -2.16. The summed E-state index contributed by atoms with van der Waals surface area (Å²) in [6, 6.07) is 14.7. The van der Waals surface area contributed by atoms with Gasteiger partial charge in [0.1, 0.15) is 29.6 Å². The average molecular weight is 471 g/mol. The number of halogens is 1. The molecule has 5 rings (SSSR count). The van der Waals surface area contributed by atoms with Gasteiger partial charge in [-0.1, -0.05) is 0 Å². The molecule has 0 radical (unpaired) electrons. The predicted octanol–water partition coefficient (Wildman–Crippen LogP) is 3.85. The van der Waals surface area contributed by atoms with Crippen molar-refractivity contribution < 1.29 is 14.0 Å². The molecule has 176 valence electrons. The molecular weight excluding hydrogens is 449 g/mol. The molecule has 0 saturated carbocycles. The van der Waals surface area contributed by atoms with Crippen molar-refractivity contribution >= 4 is 34.7 Å². The first-order valence-electron chi connectivity index (χ1n) is 11.0. The fourth-order valence-corrected chi connectivity index (χ4v) is 3.95. The fourth-order valence-electron chi connectivity index (χ4n) is 3.95. The summed E-state index contributed by atoms with van der Waals surface area (Å²) in [7, 11) is 0. The molecule has 3 heterocycles. The summed E-state index contributed by atoms with van der Waals surface area (Å²) in [4.78, 5) is 39.4. The van der Waals surface area contributed by atoms with Gasteiger partial charge < -0.3 is 15.5 Å². The van der Waals surface area contributed by atoms with E-state index in [1.54, 1.807) is 18.3 Å². The summed E-state index contributed by atoms with van der Waals surface area (Å²) >= 11 is 0. The Morgan fingerprint density at radius 2 is 1.77 bits per heavy atom. The van der Waals surface area contributed by atoms with E-state index in [2.05, 4.69) is 25.6 Å². The van der Waals surface area contributed by atoms with Crippen LogP contribution in [0.15, 0.2) is 73.3 Å². The number of carbonyl (C=O) groups is 2. The van der Waals surface area contributed by atoms with Crippen molar-refractivity contribution in [2.75, 3.05) is 22.1 Å². The molecule has 0 aliphatic carbocycles. The molecule has 4 aromatic rings. The van der Waals surface area contributed by atoms with Gasteiger partial charge >= 0.3 is 0 Å². The maximum atomic E-state index is 13.2. The van der Waals surface area contributed by atoms with Gasteiger partial charge in [-0.05, 0) is 55.5 Å². The predicted molar refractivity (Wildman–Crippen MR) is 129 cm³/mol. The molecule has 1 aliphatic rings. The van der Waals surface area contributed by atoms with Gasteiger partial charge in [-0.25, -0.2) is 19.3 Å². The third-order valence-electron chi connectivity index (χ3n) is 5.78. The van der Waals surface area contributed by atoms with E-state index in [4.69, 9.17) is 0 Å². The summed E-state index contributed by atoms with van der Waals surface area (Å²) in [6.07, 6.45) is 5.12. The standard InChI is InChI=1S/C25H22FN7O2/c1-16-27-10-11-32(16)23-13-22(28-15-29-23)30-19-4-6-20(7-5-19)31-25(35)17-12-24(34)33(14-17)21-8-2-18(26)3-9-21/h2-11,13,15,17H,12,14H2,1H3,(H,31,35)(H,28,29,30)/t17-/m0/s1. The number of hydrogen-bond acceptors (Lipinski definition) is 6. The van der Waals surface area contributed by atoms with E-state index in [1.807, 2.05) is 35.9 Å². The maximum Gasteiger partial charge on any atom is 0.229 e. The molecule has 35 heavy (non-hydrogen) atoms. The number of benzene rings is 2. The Balaban J connectivity index is 1.21. The molecule has 1 atom stereocenters. The van der Waals surface area contributed by atoms with E-state index in [-0.39, 0.29) is 30.6 Å². The van der Waals surface area contributed by atoms with Crippen molar-refractivity contribution in [3.8, 4) is 5.82 Å². The number of nitrogens with zero attached hydrogens (tertiary/aromatic N) is 5. The van der Waals surface area contributed by atoms with E-state index in [0.717, 1.165) is 11.5 Å².